The van der Waals surface area contributed by atoms with Crippen LogP contribution in [0.15, 0.2) is 29.2 Å². The molecule has 1 amide bonds. The van der Waals surface area contributed by atoms with Gasteiger partial charge in [0.2, 0.25) is 15.9 Å². The van der Waals surface area contributed by atoms with Crippen LogP contribution in [0.25, 0.3) is 0 Å². The Bertz CT molecular complexity index is 820. The molecule has 2 atom stereocenters. The first-order valence-corrected chi connectivity index (χ1v) is 12.6. The number of carbonyl (C=O) groups is 1. The summed E-state index contributed by atoms with van der Waals surface area (Å²) in [5.41, 5.74) is 0.556. The molecule has 0 unspecified atom stereocenters. The predicted molar refractivity (Wildman–Crippen MR) is 114 cm³/mol. The Morgan fingerprint density at radius 2 is 1.72 bits per heavy atom. The van der Waals surface area contributed by atoms with Gasteiger partial charge in [0.1, 0.15) is 0 Å². The lowest BCUT2D eigenvalue weighted by Gasteiger charge is -2.41. The Balaban J connectivity index is 1.36. The number of sulfonamides is 1. The SMILES string of the molecule is O=C(CN1CC[C@H]2CCCC[C@@H]2C1)Nc1cccc(S(=O)(=O)N2CCCCC2)c1. The molecule has 0 radical (unpaired) electrons. The normalized spacial score (nSPS) is 26.6. The molecule has 0 aromatic heterocycles. The van der Waals surface area contributed by atoms with Crippen molar-refractivity contribution in [1.82, 2.24) is 9.21 Å². The smallest absolute Gasteiger partial charge is 0.243 e. The van der Waals surface area contributed by atoms with Gasteiger partial charge >= 0.3 is 0 Å². The van der Waals surface area contributed by atoms with E-state index in [0.29, 0.717) is 25.3 Å². The molecule has 2 heterocycles. The number of carbonyl (C=O) groups excluding carboxylic acids is 1. The summed E-state index contributed by atoms with van der Waals surface area (Å²) >= 11 is 0. The molecule has 160 valence electrons. The molecule has 4 rings (SSSR count). The van der Waals surface area contributed by atoms with E-state index in [9.17, 15) is 13.2 Å². The van der Waals surface area contributed by atoms with Gasteiger partial charge in [-0.15, -0.1) is 0 Å². The van der Waals surface area contributed by atoms with E-state index in [1.807, 2.05) is 0 Å². The van der Waals surface area contributed by atoms with Crippen LogP contribution in [0.1, 0.15) is 51.4 Å². The standard InChI is InChI=1S/C22H33N3O3S/c26-22(17-24-14-11-18-7-2-3-8-19(18)16-24)23-20-9-6-10-21(15-20)29(27,28)25-12-4-1-5-13-25/h6,9-10,15,18-19H,1-5,7-8,11-14,16-17H2,(H,23,26)/t18-,19-/m1/s1. The van der Waals surface area contributed by atoms with Gasteiger partial charge in [0.05, 0.1) is 11.4 Å². The summed E-state index contributed by atoms with van der Waals surface area (Å²) in [6, 6.07) is 6.68. The number of amides is 1. The molecular weight excluding hydrogens is 386 g/mol. The average Bonchev–Trinajstić information content (AvgIpc) is 2.74. The zero-order valence-corrected chi connectivity index (χ0v) is 18.0. The molecule has 1 aromatic carbocycles. The van der Waals surface area contributed by atoms with Gasteiger partial charge in [-0.2, -0.15) is 4.31 Å². The van der Waals surface area contributed by atoms with Crippen LogP contribution < -0.4 is 5.32 Å². The van der Waals surface area contributed by atoms with Gasteiger partial charge in [0, 0.05) is 25.3 Å². The van der Waals surface area contributed by atoms with Crippen molar-refractivity contribution < 1.29 is 13.2 Å². The molecule has 1 saturated carbocycles. The van der Waals surface area contributed by atoms with Crippen LogP contribution in [0, 0.1) is 11.8 Å². The Labute approximate surface area is 174 Å². The molecule has 7 heteroatoms. The van der Waals surface area contributed by atoms with E-state index in [2.05, 4.69) is 10.2 Å². The highest BCUT2D eigenvalue weighted by molar-refractivity contribution is 7.89. The van der Waals surface area contributed by atoms with Crippen molar-refractivity contribution in [1.29, 1.82) is 0 Å². The van der Waals surface area contributed by atoms with Crippen molar-refractivity contribution in [2.45, 2.75) is 56.3 Å². The number of nitrogens with zero attached hydrogens (tertiary/aromatic N) is 2. The van der Waals surface area contributed by atoms with Crippen LogP contribution in [0.3, 0.4) is 0 Å². The molecule has 0 bridgehead atoms. The predicted octanol–water partition coefficient (Wildman–Crippen LogP) is 3.31. The summed E-state index contributed by atoms with van der Waals surface area (Å²) < 4.78 is 27.3. The lowest BCUT2D eigenvalue weighted by atomic mass is 9.75. The van der Waals surface area contributed by atoms with Crippen molar-refractivity contribution in [2.75, 3.05) is 38.0 Å². The third kappa shape index (κ3) is 5.01. The van der Waals surface area contributed by atoms with E-state index in [1.165, 1.54) is 32.1 Å². The monoisotopic (exact) mass is 419 g/mol. The number of piperidine rings is 2. The molecule has 2 saturated heterocycles. The molecule has 1 aliphatic carbocycles. The molecule has 1 N–H and O–H groups in total. The summed E-state index contributed by atoms with van der Waals surface area (Å²) in [5, 5.41) is 2.91. The van der Waals surface area contributed by atoms with Crippen LogP contribution in [0.4, 0.5) is 5.69 Å². The van der Waals surface area contributed by atoms with E-state index >= 15 is 0 Å². The largest absolute Gasteiger partial charge is 0.325 e. The highest BCUT2D eigenvalue weighted by atomic mass is 32.2. The van der Waals surface area contributed by atoms with E-state index in [0.717, 1.165) is 44.2 Å². The first-order valence-electron chi connectivity index (χ1n) is 11.1. The number of likely N-dealkylation sites (tertiary alicyclic amines) is 1. The highest BCUT2D eigenvalue weighted by Gasteiger charge is 2.31. The second-order valence-corrected chi connectivity index (χ2v) is 10.8. The summed E-state index contributed by atoms with van der Waals surface area (Å²) in [7, 11) is -3.49. The Morgan fingerprint density at radius 3 is 2.52 bits per heavy atom. The summed E-state index contributed by atoms with van der Waals surface area (Å²) in [6.45, 7) is 3.54. The quantitative estimate of drug-likeness (QED) is 0.795. The molecule has 6 nitrogen and oxygen atoms in total. The first kappa shape index (κ1) is 20.8. The van der Waals surface area contributed by atoms with Gasteiger partial charge in [0.25, 0.3) is 0 Å². The van der Waals surface area contributed by atoms with Gasteiger partial charge in [-0.05, 0) is 62.3 Å². The molecule has 0 spiro atoms. The maximum absolute atomic E-state index is 12.9. The maximum atomic E-state index is 12.9. The average molecular weight is 420 g/mol. The second kappa shape index (κ2) is 9.14. The fourth-order valence-electron chi connectivity index (χ4n) is 5.21. The van der Waals surface area contributed by atoms with E-state index in [1.54, 1.807) is 28.6 Å². The van der Waals surface area contributed by atoms with E-state index < -0.39 is 10.0 Å². The molecule has 3 aliphatic rings. The third-order valence-electron chi connectivity index (χ3n) is 6.81. The molecule has 29 heavy (non-hydrogen) atoms. The van der Waals surface area contributed by atoms with Gasteiger partial charge in [-0.25, -0.2) is 8.42 Å². The number of benzene rings is 1. The van der Waals surface area contributed by atoms with Crippen LogP contribution in [0.5, 0.6) is 0 Å². The summed E-state index contributed by atoms with van der Waals surface area (Å²) in [5.74, 6) is 1.52. The number of rotatable bonds is 5. The van der Waals surface area contributed by atoms with Gasteiger partial charge in [-0.3, -0.25) is 9.69 Å². The molecular formula is C22H33N3O3S. The Hall–Kier alpha value is -1.44. The van der Waals surface area contributed by atoms with Crippen LogP contribution >= 0.6 is 0 Å². The van der Waals surface area contributed by atoms with Gasteiger partial charge < -0.3 is 5.32 Å². The lowest BCUT2D eigenvalue weighted by molar-refractivity contribution is -0.118. The molecule has 1 aromatic rings. The van der Waals surface area contributed by atoms with Crippen LogP contribution in [0.2, 0.25) is 0 Å². The minimum atomic E-state index is -3.49. The van der Waals surface area contributed by atoms with E-state index in [4.69, 9.17) is 0 Å². The van der Waals surface area contributed by atoms with Crippen LogP contribution in [-0.2, 0) is 14.8 Å². The zero-order chi connectivity index (χ0) is 20.3. The third-order valence-corrected chi connectivity index (χ3v) is 8.71. The number of hydrogen-bond acceptors (Lipinski definition) is 4. The van der Waals surface area contributed by atoms with Crippen molar-refractivity contribution >= 4 is 21.6 Å². The van der Waals surface area contributed by atoms with Crippen LogP contribution in [-0.4, -0.2) is 56.3 Å². The summed E-state index contributed by atoms with van der Waals surface area (Å²) in [4.78, 5) is 15.1. The van der Waals surface area contributed by atoms with Crippen molar-refractivity contribution in [3.8, 4) is 0 Å². The topological polar surface area (TPSA) is 69.7 Å². The number of nitrogens with one attached hydrogen (secondary N) is 1. The molecule has 2 aliphatic heterocycles. The minimum absolute atomic E-state index is 0.0632. The van der Waals surface area contributed by atoms with Gasteiger partial charge in [0.15, 0.2) is 0 Å². The minimum Gasteiger partial charge on any atom is -0.325 e. The maximum Gasteiger partial charge on any atom is 0.243 e. The second-order valence-electron chi connectivity index (χ2n) is 8.87. The van der Waals surface area contributed by atoms with Gasteiger partial charge in [-0.1, -0.05) is 31.7 Å². The molecule has 3 fully saturated rings. The summed E-state index contributed by atoms with van der Waals surface area (Å²) in [6.07, 6.45) is 9.42. The lowest BCUT2D eigenvalue weighted by Crippen LogP contribution is -2.44. The first-order chi connectivity index (χ1) is 14.0. The number of fused-ring (bicyclic) bond motifs is 1. The van der Waals surface area contributed by atoms with Crippen molar-refractivity contribution in [3.05, 3.63) is 24.3 Å². The Morgan fingerprint density at radius 1 is 0.966 bits per heavy atom. The zero-order valence-electron chi connectivity index (χ0n) is 17.2. The fraction of sp³-hybridized carbons (Fsp3) is 0.682. The fourth-order valence-corrected chi connectivity index (χ4v) is 6.78. The van der Waals surface area contributed by atoms with Crippen molar-refractivity contribution in [2.24, 2.45) is 11.8 Å². The van der Waals surface area contributed by atoms with E-state index in [-0.39, 0.29) is 10.8 Å². The van der Waals surface area contributed by atoms with Crippen molar-refractivity contribution in [3.63, 3.8) is 0 Å². The number of hydrogen-bond donors (Lipinski definition) is 1. The number of anilines is 1. The highest BCUT2D eigenvalue weighted by Crippen LogP contribution is 2.35. The Kier molecular flexibility index (Phi) is 6.56.